The summed E-state index contributed by atoms with van der Waals surface area (Å²) in [7, 11) is 2.14. The van der Waals surface area contributed by atoms with Crippen LogP contribution in [0.25, 0.3) is 11.0 Å². The van der Waals surface area contributed by atoms with Crippen LogP contribution in [0, 0.1) is 5.82 Å². The first-order valence-corrected chi connectivity index (χ1v) is 14.6. The maximum Gasteiger partial charge on any atom is 0.246 e. The number of carbonyl (C=O) groups excluding carboxylic acids is 2. The molecule has 0 bridgehead atoms. The summed E-state index contributed by atoms with van der Waals surface area (Å²) in [4.78, 5) is 44.9. The molecular formula is C32H35FN8O2. The van der Waals surface area contributed by atoms with Crippen molar-refractivity contribution in [3.63, 3.8) is 0 Å². The van der Waals surface area contributed by atoms with E-state index in [-0.39, 0.29) is 17.7 Å². The van der Waals surface area contributed by atoms with Gasteiger partial charge >= 0.3 is 0 Å². The number of carbonyl (C=O) groups is 2. The van der Waals surface area contributed by atoms with Crippen molar-refractivity contribution in [2.24, 2.45) is 0 Å². The number of hydrogen-bond donors (Lipinski definition) is 3. The summed E-state index contributed by atoms with van der Waals surface area (Å²) in [5.74, 6) is 0.0381. The van der Waals surface area contributed by atoms with Gasteiger partial charge < -0.3 is 30.3 Å². The van der Waals surface area contributed by atoms with E-state index in [2.05, 4.69) is 56.2 Å². The molecule has 10 nitrogen and oxygen atoms in total. The lowest BCUT2D eigenvalue weighted by Crippen LogP contribution is -2.44. The second-order valence-electron chi connectivity index (χ2n) is 11.1. The van der Waals surface area contributed by atoms with Gasteiger partial charge in [-0.25, -0.2) is 4.39 Å². The number of ketones is 1. The molecule has 0 aliphatic carbocycles. The molecule has 0 spiro atoms. The monoisotopic (exact) mass is 582 g/mol. The van der Waals surface area contributed by atoms with E-state index in [9.17, 15) is 14.0 Å². The molecule has 2 aromatic heterocycles. The molecule has 43 heavy (non-hydrogen) atoms. The Morgan fingerprint density at radius 1 is 1.02 bits per heavy atom. The van der Waals surface area contributed by atoms with Crippen LogP contribution >= 0.6 is 0 Å². The average Bonchev–Trinajstić information content (AvgIpc) is 3.46. The van der Waals surface area contributed by atoms with Crippen LogP contribution in [0.2, 0.25) is 0 Å². The Bertz CT molecular complexity index is 1630. The molecule has 2 saturated heterocycles. The first-order chi connectivity index (χ1) is 20.9. The molecule has 0 unspecified atom stereocenters. The van der Waals surface area contributed by atoms with E-state index >= 15 is 0 Å². The fourth-order valence-electron chi connectivity index (χ4n) is 5.70. The molecule has 6 rings (SSSR count). The molecule has 3 N–H and O–H groups in total. The maximum absolute atomic E-state index is 13.5. The molecule has 2 aliphatic rings. The van der Waals surface area contributed by atoms with Crippen molar-refractivity contribution in [1.82, 2.24) is 24.8 Å². The number of rotatable bonds is 8. The first kappa shape index (κ1) is 28.4. The molecule has 1 amide bonds. The largest absolute Gasteiger partial charge is 0.369 e. The van der Waals surface area contributed by atoms with Crippen LogP contribution in [0.4, 0.5) is 27.5 Å². The number of halogens is 1. The van der Waals surface area contributed by atoms with Crippen molar-refractivity contribution in [3.05, 3.63) is 84.3 Å². The number of likely N-dealkylation sites (N-methyl/N-ethyl adjacent to an activating group) is 1. The Kier molecular flexibility index (Phi) is 8.06. The van der Waals surface area contributed by atoms with Gasteiger partial charge in [-0.1, -0.05) is 6.58 Å². The van der Waals surface area contributed by atoms with Crippen molar-refractivity contribution in [2.75, 3.05) is 61.8 Å². The minimum atomic E-state index is -0.413. The Hall–Kier alpha value is -4.77. The lowest BCUT2D eigenvalue weighted by atomic mass is 10.0. The van der Waals surface area contributed by atoms with Crippen LogP contribution in [-0.4, -0.2) is 88.8 Å². The molecule has 2 fully saturated rings. The summed E-state index contributed by atoms with van der Waals surface area (Å²) in [6.45, 7) is 8.81. The van der Waals surface area contributed by atoms with Gasteiger partial charge in [0.15, 0.2) is 5.78 Å². The van der Waals surface area contributed by atoms with Crippen molar-refractivity contribution < 1.29 is 14.0 Å². The number of piperazine rings is 1. The van der Waals surface area contributed by atoms with Crippen LogP contribution in [0.15, 0.2) is 67.4 Å². The molecule has 2 aromatic carbocycles. The summed E-state index contributed by atoms with van der Waals surface area (Å²) in [6, 6.07) is 13.6. The van der Waals surface area contributed by atoms with E-state index in [4.69, 9.17) is 4.98 Å². The molecule has 0 saturated carbocycles. The SMILES string of the molecule is C=CC(=O)N1CCC[C@H](Nc2nc(Nc3ccc(N4CCN(C)CC4)cc3)nc3[nH]cc(C(=O)c4ccc(F)cc4)c23)C1. The van der Waals surface area contributed by atoms with Gasteiger partial charge in [0.25, 0.3) is 0 Å². The molecule has 11 heteroatoms. The van der Waals surface area contributed by atoms with Crippen LogP contribution in [0.5, 0.6) is 0 Å². The highest BCUT2D eigenvalue weighted by Crippen LogP contribution is 2.30. The van der Waals surface area contributed by atoms with Gasteiger partial charge in [0.1, 0.15) is 17.3 Å². The van der Waals surface area contributed by atoms with E-state index in [1.54, 1.807) is 11.1 Å². The van der Waals surface area contributed by atoms with Gasteiger partial charge in [-0.15, -0.1) is 0 Å². The third kappa shape index (κ3) is 6.21. The third-order valence-corrected chi connectivity index (χ3v) is 8.12. The maximum atomic E-state index is 13.5. The number of benzene rings is 2. The van der Waals surface area contributed by atoms with E-state index < -0.39 is 5.82 Å². The van der Waals surface area contributed by atoms with E-state index in [0.717, 1.165) is 44.7 Å². The number of amides is 1. The zero-order valence-electron chi connectivity index (χ0n) is 24.1. The van der Waals surface area contributed by atoms with Crippen molar-refractivity contribution >= 4 is 45.9 Å². The average molecular weight is 583 g/mol. The summed E-state index contributed by atoms with van der Waals surface area (Å²) >= 11 is 0. The summed E-state index contributed by atoms with van der Waals surface area (Å²) in [6.07, 6.45) is 4.59. The van der Waals surface area contributed by atoms with Crippen molar-refractivity contribution in [3.8, 4) is 0 Å². The second-order valence-corrected chi connectivity index (χ2v) is 11.1. The summed E-state index contributed by atoms with van der Waals surface area (Å²) in [5, 5.41) is 7.34. The molecule has 4 heterocycles. The van der Waals surface area contributed by atoms with Crippen LogP contribution in [-0.2, 0) is 4.79 Å². The number of aromatic nitrogens is 3. The minimum absolute atomic E-state index is 0.0878. The Balaban J connectivity index is 1.30. The summed E-state index contributed by atoms with van der Waals surface area (Å²) in [5.41, 5.74) is 3.21. The fraction of sp³-hybridized carbons (Fsp3) is 0.312. The minimum Gasteiger partial charge on any atom is -0.369 e. The Morgan fingerprint density at radius 3 is 2.49 bits per heavy atom. The number of hydrogen-bond acceptors (Lipinski definition) is 8. The molecule has 0 radical (unpaired) electrons. The van der Waals surface area contributed by atoms with Crippen LogP contribution in [0.1, 0.15) is 28.8 Å². The van der Waals surface area contributed by atoms with Crippen LogP contribution < -0.4 is 15.5 Å². The van der Waals surface area contributed by atoms with Crippen LogP contribution in [0.3, 0.4) is 0 Å². The molecule has 2 aliphatic heterocycles. The van der Waals surface area contributed by atoms with Crippen molar-refractivity contribution in [1.29, 1.82) is 0 Å². The van der Waals surface area contributed by atoms with Gasteiger partial charge in [-0.3, -0.25) is 9.59 Å². The second kappa shape index (κ2) is 12.2. The predicted octanol–water partition coefficient (Wildman–Crippen LogP) is 4.41. The van der Waals surface area contributed by atoms with E-state index in [0.29, 0.717) is 47.0 Å². The highest BCUT2D eigenvalue weighted by molar-refractivity contribution is 6.18. The van der Waals surface area contributed by atoms with Gasteiger partial charge in [0, 0.05) is 68.4 Å². The topological polar surface area (TPSA) is 109 Å². The number of H-pyrrole nitrogens is 1. The van der Waals surface area contributed by atoms with E-state index in [1.807, 2.05) is 12.1 Å². The number of aromatic amines is 1. The van der Waals surface area contributed by atoms with Gasteiger partial charge in [0.2, 0.25) is 11.9 Å². The lowest BCUT2D eigenvalue weighted by molar-refractivity contribution is -0.127. The number of piperidine rings is 1. The van der Waals surface area contributed by atoms with E-state index in [1.165, 1.54) is 36.0 Å². The molecule has 1 atom stereocenters. The zero-order valence-corrected chi connectivity index (χ0v) is 24.1. The standard InChI is InChI=1S/C32H35FN8O2/c1-3-27(42)41-14-4-5-24(20-41)35-31-28-26(29(43)21-6-8-22(33)9-7-21)19-34-30(28)37-32(38-31)36-23-10-12-25(13-11-23)40-17-15-39(2)16-18-40/h3,6-13,19,24H,1,4-5,14-18,20H2,2H3,(H3,34,35,36,37,38)/t24-/m0/s1. The fourth-order valence-corrected chi connectivity index (χ4v) is 5.70. The quantitative estimate of drug-likeness (QED) is 0.207. The normalized spacial score (nSPS) is 17.6. The molecule has 222 valence electrons. The third-order valence-electron chi connectivity index (χ3n) is 8.12. The molecule has 4 aromatic rings. The highest BCUT2D eigenvalue weighted by atomic mass is 19.1. The number of nitrogens with zero attached hydrogens (tertiary/aromatic N) is 5. The summed E-state index contributed by atoms with van der Waals surface area (Å²) < 4.78 is 13.5. The smallest absolute Gasteiger partial charge is 0.246 e. The Labute approximate surface area is 249 Å². The number of likely N-dealkylation sites (tertiary alicyclic amines) is 1. The van der Waals surface area contributed by atoms with Crippen molar-refractivity contribution in [2.45, 2.75) is 18.9 Å². The first-order valence-electron chi connectivity index (χ1n) is 14.6. The van der Waals surface area contributed by atoms with Gasteiger partial charge in [-0.05, 0) is 74.5 Å². The number of anilines is 4. The Morgan fingerprint density at radius 2 is 1.77 bits per heavy atom. The lowest BCUT2D eigenvalue weighted by Gasteiger charge is -2.34. The predicted molar refractivity (Wildman–Crippen MR) is 167 cm³/mol. The van der Waals surface area contributed by atoms with Gasteiger partial charge in [0.05, 0.1) is 10.9 Å². The highest BCUT2D eigenvalue weighted by Gasteiger charge is 2.26. The number of nitrogens with one attached hydrogen (secondary N) is 3. The zero-order chi connectivity index (χ0) is 29.9. The molecular weight excluding hydrogens is 547 g/mol. The number of fused-ring (bicyclic) bond motifs is 1. The van der Waals surface area contributed by atoms with Gasteiger partial charge in [-0.2, -0.15) is 9.97 Å².